The highest BCUT2D eigenvalue weighted by Gasteiger charge is 2.37. The number of pyridine rings is 2. The van der Waals surface area contributed by atoms with Crippen LogP contribution in [0.2, 0.25) is 0 Å². The highest BCUT2D eigenvalue weighted by molar-refractivity contribution is 5.86. The summed E-state index contributed by atoms with van der Waals surface area (Å²) < 4.78 is 5.55. The first-order valence-corrected chi connectivity index (χ1v) is 10.2. The number of amides is 1. The largest absolute Gasteiger partial charge is 0.494 e. The van der Waals surface area contributed by atoms with Crippen LogP contribution in [0.15, 0.2) is 73.3 Å². The molecule has 1 aromatic carbocycles. The van der Waals surface area contributed by atoms with Gasteiger partial charge < -0.3 is 10.5 Å². The molecule has 0 aliphatic rings. The lowest BCUT2D eigenvalue weighted by molar-refractivity contribution is -0.125. The number of hydrogen-bond donors (Lipinski definition) is 2. The zero-order valence-corrected chi connectivity index (χ0v) is 17.3. The molecule has 0 spiro atoms. The van der Waals surface area contributed by atoms with Gasteiger partial charge in [0, 0.05) is 31.3 Å². The predicted octanol–water partition coefficient (Wildman–Crippen LogP) is 3.02. The summed E-state index contributed by atoms with van der Waals surface area (Å²) in [6.07, 6.45) is 9.06. The van der Waals surface area contributed by atoms with Crippen molar-refractivity contribution in [1.82, 2.24) is 15.3 Å². The summed E-state index contributed by atoms with van der Waals surface area (Å²) in [5.74, 6) is 0.369. The third-order valence-corrected chi connectivity index (χ3v) is 5.18. The fourth-order valence-corrected chi connectivity index (χ4v) is 3.54. The number of carbonyl (C=O) groups is 1. The van der Waals surface area contributed by atoms with Crippen LogP contribution in [0.3, 0.4) is 0 Å². The molecule has 0 aliphatic carbocycles. The lowest BCUT2D eigenvalue weighted by Crippen LogP contribution is -2.53. The predicted molar refractivity (Wildman–Crippen MR) is 117 cm³/mol. The second kappa shape index (κ2) is 10.5. The van der Waals surface area contributed by atoms with Crippen LogP contribution in [0.25, 0.3) is 0 Å². The Hall–Kier alpha value is -3.25. The maximum absolute atomic E-state index is 12.8. The lowest BCUT2D eigenvalue weighted by atomic mass is 9.83. The summed E-state index contributed by atoms with van der Waals surface area (Å²) in [6, 6.07) is 15.4. The van der Waals surface area contributed by atoms with Crippen LogP contribution in [0.5, 0.6) is 5.75 Å². The second-order valence-corrected chi connectivity index (χ2v) is 7.12. The average Bonchev–Trinajstić information content (AvgIpc) is 2.78. The molecule has 0 saturated heterocycles. The van der Waals surface area contributed by atoms with Gasteiger partial charge in [-0.1, -0.05) is 18.2 Å². The number of aromatic nitrogens is 2. The minimum atomic E-state index is -0.992. The first-order chi connectivity index (χ1) is 14.6. The molecule has 0 radical (unpaired) electrons. The number of ether oxygens (including phenoxy) is 1. The number of aryl methyl sites for hydroxylation is 1. The number of rotatable bonds is 11. The van der Waals surface area contributed by atoms with Gasteiger partial charge in [-0.05, 0) is 73.2 Å². The number of hydrogen-bond acceptors (Lipinski definition) is 5. The highest BCUT2D eigenvalue weighted by Crippen LogP contribution is 2.29. The summed E-state index contributed by atoms with van der Waals surface area (Å²) in [6.45, 7) is 3.13. The van der Waals surface area contributed by atoms with Crippen molar-refractivity contribution < 1.29 is 9.53 Å². The van der Waals surface area contributed by atoms with E-state index in [-0.39, 0.29) is 0 Å². The second-order valence-electron chi connectivity index (χ2n) is 7.12. The maximum atomic E-state index is 12.8. The molecule has 6 heteroatoms. The summed E-state index contributed by atoms with van der Waals surface area (Å²) in [4.78, 5) is 21.0. The maximum Gasteiger partial charge on any atom is 0.242 e. The molecule has 30 heavy (non-hydrogen) atoms. The molecule has 6 nitrogen and oxygen atoms in total. The van der Waals surface area contributed by atoms with E-state index in [9.17, 15) is 4.79 Å². The molecule has 156 valence electrons. The molecule has 1 unspecified atom stereocenters. The Bertz CT molecular complexity index is 917. The standard InChI is InChI=1S/C24H28N4O2/c1-2-30-22-7-5-21(6-8-22)24(23(25)29,13-9-20-4-3-14-27-18-20)28-17-12-19-10-15-26-16-11-19/h3-8,10-11,14-16,18,28H,2,9,12-13,17H2,1H3,(H2,25,29). The first kappa shape index (κ1) is 21.5. The zero-order valence-electron chi connectivity index (χ0n) is 17.3. The van der Waals surface area contributed by atoms with E-state index >= 15 is 0 Å². The Kier molecular flexibility index (Phi) is 7.51. The molecule has 2 aromatic heterocycles. The molecule has 0 aliphatic heterocycles. The van der Waals surface area contributed by atoms with Crippen molar-refractivity contribution >= 4 is 5.91 Å². The molecule has 0 saturated carbocycles. The van der Waals surface area contributed by atoms with Gasteiger partial charge in [-0.3, -0.25) is 20.1 Å². The van der Waals surface area contributed by atoms with E-state index in [1.54, 1.807) is 18.6 Å². The van der Waals surface area contributed by atoms with E-state index in [1.165, 1.54) is 0 Å². The normalized spacial score (nSPS) is 12.8. The molecule has 0 fully saturated rings. The molecule has 0 bridgehead atoms. The summed E-state index contributed by atoms with van der Waals surface area (Å²) in [7, 11) is 0. The number of nitrogens with one attached hydrogen (secondary N) is 1. The van der Waals surface area contributed by atoms with Crippen LogP contribution in [0.1, 0.15) is 30.0 Å². The van der Waals surface area contributed by atoms with Crippen molar-refractivity contribution in [2.75, 3.05) is 13.2 Å². The van der Waals surface area contributed by atoms with Gasteiger partial charge in [-0.15, -0.1) is 0 Å². The van der Waals surface area contributed by atoms with Crippen LogP contribution in [-0.2, 0) is 23.2 Å². The van der Waals surface area contributed by atoms with E-state index in [0.29, 0.717) is 26.0 Å². The van der Waals surface area contributed by atoms with Crippen LogP contribution in [0, 0.1) is 0 Å². The highest BCUT2D eigenvalue weighted by atomic mass is 16.5. The fraction of sp³-hybridized carbons (Fsp3) is 0.292. The molecule has 3 aromatic rings. The minimum Gasteiger partial charge on any atom is -0.494 e. The van der Waals surface area contributed by atoms with Crippen LogP contribution in [0.4, 0.5) is 0 Å². The monoisotopic (exact) mass is 404 g/mol. The van der Waals surface area contributed by atoms with Gasteiger partial charge in [0.15, 0.2) is 0 Å². The first-order valence-electron chi connectivity index (χ1n) is 10.2. The fourth-order valence-electron chi connectivity index (χ4n) is 3.54. The van der Waals surface area contributed by atoms with E-state index in [2.05, 4.69) is 15.3 Å². The third-order valence-electron chi connectivity index (χ3n) is 5.18. The van der Waals surface area contributed by atoms with E-state index in [1.807, 2.05) is 61.7 Å². The van der Waals surface area contributed by atoms with Crippen LogP contribution < -0.4 is 15.8 Å². The molecular weight excluding hydrogens is 376 g/mol. The number of nitrogens with zero attached hydrogens (tertiary/aromatic N) is 2. The van der Waals surface area contributed by atoms with E-state index < -0.39 is 11.4 Å². The minimum absolute atomic E-state index is 0.398. The van der Waals surface area contributed by atoms with Crippen molar-refractivity contribution in [2.24, 2.45) is 5.73 Å². The van der Waals surface area contributed by atoms with Crippen molar-refractivity contribution in [3.63, 3.8) is 0 Å². The van der Waals surface area contributed by atoms with Gasteiger partial charge in [-0.2, -0.15) is 0 Å². The molecule has 1 atom stereocenters. The van der Waals surface area contributed by atoms with Crippen molar-refractivity contribution in [2.45, 2.75) is 31.7 Å². The lowest BCUT2D eigenvalue weighted by Gasteiger charge is -2.33. The topological polar surface area (TPSA) is 90.1 Å². The van der Waals surface area contributed by atoms with Crippen molar-refractivity contribution in [3.05, 3.63) is 90.0 Å². The van der Waals surface area contributed by atoms with Gasteiger partial charge in [-0.25, -0.2) is 0 Å². The van der Waals surface area contributed by atoms with Crippen LogP contribution in [-0.4, -0.2) is 29.0 Å². The Labute approximate surface area is 177 Å². The number of carbonyl (C=O) groups excluding carboxylic acids is 1. The SMILES string of the molecule is CCOc1ccc(C(CCc2cccnc2)(NCCc2ccncc2)C(N)=O)cc1. The molecule has 1 amide bonds. The van der Waals surface area contributed by atoms with Gasteiger partial charge in [0.2, 0.25) is 5.91 Å². The molecule has 3 N–H and O–H groups in total. The van der Waals surface area contributed by atoms with Gasteiger partial charge in [0.1, 0.15) is 11.3 Å². The average molecular weight is 405 g/mol. The molecule has 2 heterocycles. The Morgan fingerprint density at radius 1 is 1.00 bits per heavy atom. The molecular formula is C24H28N4O2. The van der Waals surface area contributed by atoms with Crippen LogP contribution >= 0.6 is 0 Å². The quantitative estimate of drug-likeness (QED) is 0.513. The summed E-state index contributed by atoms with van der Waals surface area (Å²) in [5.41, 5.74) is 8.03. The van der Waals surface area contributed by atoms with Gasteiger partial charge in [0.05, 0.1) is 6.61 Å². The van der Waals surface area contributed by atoms with Gasteiger partial charge in [0.25, 0.3) is 0 Å². The third kappa shape index (κ3) is 5.42. The van der Waals surface area contributed by atoms with Crippen molar-refractivity contribution in [1.29, 1.82) is 0 Å². The summed E-state index contributed by atoms with van der Waals surface area (Å²) >= 11 is 0. The van der Waals surface area contributed by atoms with E-state index in [0.717, 1.165) is 28.9 Å². The number of primary amides is 1. The zero-order chi connectivity index (χ0) is 21.2. The number of nitrogens with two attached hydrogens (primary N) is 1. The summed E-state index contributed by atoms with van der Waals surface area (Å²) in [5, 5.41) is 3.46. The molecule has 3 rings (SSSR count). The Morgan fingerprint density at radius 3 is 2.40 bits per heavy atom. The van der Waals surface area contributed by atoms with Gasteiger partial charge >= 0.3 is 0 Å². The number of benzene rings is 1. The Balaban J connectivity index is 1.84. The van der Waals surface area contributed by atoms with Crippen molar-refractivity contribution in [3.8, 4) is 5.75 Å². The smallest absolute Gasteiger partial charge is 0.242 e. The Morgan fingerprint density at radius 2 is 1.77 bits per heavy atom. The van der Waals surface area contributed by atoms with E-state index in [4.69, 9.17) is 10.5 Å².